The van der Waals surface area contributed by atoms with E-state index in [9.17, 15) is 9.59 Å². The van der Waals surface area contributed by atoms with Crippen molar-refractivity contribution in [1.29, 1.82) is 0 Å². The Morgan fingerprint density at radius 3 is 2.18 bits per heavy atom. The predicted octanol–water partition coefficient (Wildman–Crippen LogP) is 4.27. The van der Waals surface area contributed by atoms with Crippen LogP contribution in [-0.2, 0) is 15.6 Å². The molecule has 1 aliphatic heterocycles. The Balaban J connectivity index is 1.55. The van der Waals surface area contributed by atoms with Gasteiger partial charge in [-0.25, -0.2) is 9.97 Å². The van der Waals surface area contributed by atoms with Gasteiger partial charge < -0.3 is 9.80 Å². The molecule has 0 spiro atoms. The molecular weight excluding hydrogens is 412 g/mol. The summed E-state index contributed by atoms with van der Waals surface area (Å²) in [6, 6.07) is 12.1. The smallest absolute Gasteiger partial charge is 0.272 e. The molecule has 1 saturated heterocycles. The summed E-state index contributed by atoms with van der Waals surface area (Å²) in [6.07, 6.45) is 6.86. The second-order valence-electron chi connectivity index (χ2n) is 10.3. The quantitative estimate of drug-likeness (QED) is 0.701. The molecule has 0 radical (unpaired) electrons. The molecular formula is C27H36N4O2. The number of piperidine rings is 1. The Labute approximate surface area is 197 Å². The summed E-state index contributed by atoms with van der Waals surface area (Å²) in [5.74, 6) is 0.888. The van der Waals surface area contributed by atoms with Crippen molar-refractivity contribution in [2.75, 3.05) is 27.2 Å². The Kier molecular flexibility index (Phi) is 6.55. The van der Waals surface area contributed by atoms with Crippen LogP contribution in [0.2, 0.25) is 0 Å². The van der Waals surface area contributed by atoms with Crippen LogP contribution in [0.4, 0.5) is 0 Å². The second kappa shape index (κ2) is 9.24. The summed E-state index contributed by atoms with van der Waals surface area (Å²) in [7, 11) is 3.47. The first-order valence-electron chi connectivity index (χ1n) is 12.2. The molecule has 2 aromatic rings. The highest BCUT2D eigenvalue weighted by Gasteiger charge is 2.45. The molecule has 2 fully saturated rings. The summed E-state index contributed by atoms with van der Waals surface area (Å²) in [5, 5.41) is 0. The maximum absolute atomic E-state index is 13.9. The van der Waals surface area contributed by atoms with Gasteiger partial charge in [0.25, 0.3) is 5.91 Å². The van der Waals surface area contributed by atoms with Crippen LogP contribution in [-0.4, -0.2) is 58.8 Å². The van der Waals surface area contributed by atoms with Crippen LogP contribution >= 0.6 is 0 Å². The highest BCUT2D eigenvalue weighted by molar-refractivity contribution is 5.92. The molecule has 1 aromatic carbocycles. The van der Waals surface area contributed by atoms with Gasteiger partial charge in [0.05, 0.1) is 5.41 Å². The topological polar surface area (TPSA) is 66.4 Å². The fourth-order valence-corrected chi connectivity index (χ4v) is 5.45. The van der Waals surface area contributed by atoms with Crippen LogP contribution in [0.5, 0.6) is 0 Å². The maximum Gasteiger partial charge on any atom is 0.272 e. The van der Waals surface area contributed by atoms with E-state index in [1.165, 1.54) is 6.42 Å². The van der Waals surface area contributed by atoms with Crippen LogP contribution in [0.15, 0.2) is 36.4 Å². The molecule has 4 rings (SSSR count). The molecule has 2 amide bonds. The average molecular weight is 449 g/mol. The third-order valence-corrected chi connectivity index (χ3v) is 7.62. The molecule has 0 atom stereocenters. The van der Waals surface area contributed by atoms with Gasteiger partial charge in [0.2, 0.25) is 5.91 Å². The van der Waals surface area contributed by atoms with Crippen molar-refractivity contribution in [3.63, 3.8) is 0 Å². The first-order valence-corrected chi connectivity index (χ1v) is 12.2. The minimum Gasteiger partial charge on any atom is -0.343 e. The molecule has 0 N–H and O–H groups in total. The van der Waals surface area contributed by atoms with E-state index in [-0.39, 0.29) is 17.2 Å². The molecule has 1 saturated carbocycles. The van der Waals surface area contributed by atoms with Crippen molar-refractivity contribution in [1.82, 2.24) is 19.8 Å². The van der Waals surface area contributed by atoms with Crippen molar-refractivity contribution in [2.45, 2.75) is 69.6 Å². The number of nitrogens with zero attached hydrogens (tertiary/aromatic N) is 4. The molecule has 2 aliphatic rings. The number of amides is 2. The van der Waals surface area contributed by atoms with Gasteiger partial charge in [0.1, 0.15) is 11.5 Å². The van der Waals surface area contributed by atoms with E-state index in [0.717, 1.165) is 55.6 Å². The molecule has 33 heavy (non-hydrogen) atoms. The highest BCUT2D eigenvalue weighted by Crippen LogP contribution is 2.42. The molecule has 176 valence electrons. The zero-order valence-electron chi connectivity index (χ0n) is 20.4. The number of aryl methyl sites for hydroxylation is 1. The van der Waals surface area contributed by atoms with Gasteiger partial charge in [-0.2, -0.15) is 0 Å². The lowest BCUT2D eigenvalue weighted by Gasteiger charge is -2.44. The molecule has 0 unspecified atom stereocenters. The van der Waals surface area contributed by atoms with Gasteiger partial charge in [-0.15, -0.1) is 0 Å². The summed E-state index contributed by atoms with van der Waals surface area (Å²) >= 11 is 0. The molecule has 0 bridgehead atoms. The van der Waals surface area contributed by atoms with E-state index in [0.29, 0.717) is 18.8 Å². The van der Waals surface area contributed by atoms with E-state index >= 15 is 0 Å². The van der Waals surface area contributed by atoms with Crippen molar-refractivity contribution in [3.05, 3.63) is 59.2 Å². The summed E-state index contributed by atoms with van der Waals surface area (Å²) in [4.78, 5) is 39.4. The lowest BCUT2D eigenvalue weighted by Crippen LogP contribution is -2.52. The average Bonchev–Trinajstić information content (AvgIpc) is 2.84. The molecule has 6 nitrogen and oxygen atoms in total. The number of hydrogen-bond acceptors (Lipinski definition) is 4. The van der Waals surface area contributed by atoms with Gasteiger partial charge in [-0.3, -0.25) is 9.59 Å². The fourth-order valence-electron chi connectivity index (χ4n) is 5.45. The van der Waals surface area contributed by atoms with Gasteiger partial charge in [-0.05, 0) is 44.2 Å². The van der Waals surface area contributed by atoms with E-state index in [1.807, 2.05) is 25.1 Å². The summed E-state index contributed by atoms with van der Waals surface area (Å²) in [6.45, 7) is 5.46. The first-order chi connectivity index (χ1) is 15.7. The number of hydrogen-bond donors (Lipinski definition) is 0. The van der Waals surface area contributed by atoms with Crippen LogP contribution in [0.1, 0.15) is 79.4 Å². The zero-order valence-corrected chi connectivity index (χ0v) is 20.4. The number of likely N-dealkylation sites (tertiary alicyclic amines) is 1. The maximum atomic E-state index is 13.9. The lowest BCUT2D eigenvalue weighted by atomic mass is 9.68. The first kappa shape index (κ1) is 23.4. The summed E-state index contributed by atoms with van der Waals surface area (Å²) in [5.41, 5.74) is 1.76. The third kappa shape index (κ3) is 4.53. The molecule has 6 heteroatoms. The van der Waals surface area contributed by atoms with E-state index < -0.39 is 5.41 Å². The van der Waals surface area contributed by atoms with E-state index in [2.05, 4.69) is 28.9 Å². The van der Waals surface area contributed by atoms with Gasteiger partial charge in [-0.1, -0.05) is 56.5 Å². The largest absolute Gasteiger partial charge is 0.343 e. The Morgan fingerprint density at radius 2 is 1.58 bits per heavy atom. The van der Waals surface area contributed by atoms with Crippen LogP contribution in [0, 0.1) is 6.92 Å². The predicted molar refractivity (Wildman–Crippen MR) is 129 cm³/mol. The van der Waals surface area contributed by atoms with Crippen LogP contribution < -0.4 is 0 Å². The number of rotatable bonds is 4. The number of carbonyl (C=O) groups is 2. The fraction of sp³-hybridized carbons (Fsp3) is 0.556. The Bertz CT molecular complexity index is 1000. The minimum absolute atomic E-state index is 0.111. The third-order valence-electron chi connectivity index (χ3n) is 7.62. The second-order valence-corrected chi connectivity index (χ2v) is 10.3. The highest BCUT2D eigenvalue weighted by atomic mass is 16.2. The molecule has 2 heterocycles. The Hall–Kier alpha value is -2.76. The SMILES string of the molecule is Cc1cc(C(=O)N(C)C)nc(C2(C)CCN(C(=O)C3(c4ccccc4)CCCCC3)CC2)n1. The van der Waals surface area contributed by atoms with Crippen molar-refractivity contribution >= 4 is 11.8 Å². The Morgan fingerprint density at radius 1 is 0.939 bits per heavy atom. The summed E-state index contributed by atoms with van der Waals surface area (Å²) < 4.78 is 0. The standard InChI is InChI=1S/C27H36N4O2/c1-20-19-22(23(32)30(3)4)29-24(28-20)26(2)15-17-31(18-16-26)25(33)27(13-9-6-10-14-27)21-11-7-5-8-12-21/h5,7-8,11-12,19H,6,9-10,13-18H2,1-4H3. The van der Waals surface area contributed by atoms with Crippen LogP contribution in [0.25, 0.3) is 0 Å². The van der Waals surface area contributed by atoms with E-state index in [4.69, 9.17) is 4.98 Å². The number of carbonyl (C=O) groups excluding carboxylic acids is 2. The van der Waals surface area contributed by atoms with Crippen molar-refractivity contribution in [2.24, 2.45) is 0 Å². The lowest BCUT2D eigenvalue weighted by molar-refractivity contribution is -0.140. The van der Waals surface area contributed by atoms with Crippen molar-refractivity contribution < 1.29 is 9.59 Å². The zero-order chi connectivity index (χ0) is 23.6. The normalized spacial score (nSPS) is 19.7. The van der Waals surface area contributed by atoms with Gasteiger partial charge >= 0.3 is 0 Å². The van der Waals surface area contributed by atoms with Crippen LogP contribution in [0.3, 0.4) is 0 Å². The number of aromatic nitrogens is 2. The van der Waals surface area contributed by atoms with Gasteiger partial charge in [0, 0.05) is 38.3 Å². The monoisotopic (exact) mass is 448 g/mol. The van der Waals surface area contributed by atoms with E-state index in [1.54, 1.807) is 25.1 Å². The van der Waals surface area contributed by atoms with Crippen molar-refractivity contribution in [3.8, 4) is 0 Å². The van der Waals surface area contributed by atoms with Gasteiger partial charge in [0.15, 0.2) is 0 Å². The molecule has 1 aliphatic carbocycles. The minimum atomic E-state index is -0.390. The number of benzene rings is 1. The molecule has 1 aromatic heterocycles.